The zero-order chi connectivity index (χ0) is 19.2. The third kappa shape index (κ3) is 5.20. The second-order valence-corrected chi connectivity index (χ2v) is 6.80. The van der Waals surface area contributed by atoms with Gasteiger partial charge in [-0.15, -0.1) is 0 Å². The Hall–Kier alpha value is -3.08. The van der Waals surface area contributed by atoms with Crippen LogP contribution >= 0.6 is 0 Å². The van der Waals surface area contributed by atoms with Gasteiger partial charge in [-0.3, -0.25) is 4.79 Å². The third-order valence-corrected chi connectivity index (χ3v) is 4.39. The average molecular weight is 363 g/mol. The van der Waals surface area contributed by atoms with Crippen LogP contribution in [0.4, 0.5) is 0 Å². The summed E-state index contributed by atoms with van der Waals surface area (Å²) in [4.78, 5) is 16.6. The van der Waals surface area contributed by atoms with Gasteiger partial charge in [0.05, 0.1) is 6.04 Å². The Bertz CT molecular complexity index is 883. The Morgan fingerprint density at radius 3 is 2.44 bits per heavy atom. The SMILES string of the molecule is Cc1ccc(OC[C@H](C)NC(=O)c2ccc(Cn3ccnc3C)cc2)cc1. The molecule has 1 atom stereocenters. The summed E-state index contributed by atoms with van der Waals surface area (Å²) in [6, 6.07) is 15.4. The maximum atomic E-state index is 12.4. The van der Waals surface area contributed by atoms with E-state index < -0.39 is 0 Å². The van der Waals surface area contributed by atoms with Crippen LogP contribution in [0.25, 0.3) is 0 Å². The number of amides is 1. The summed E-state index contributed by atoms with van der Waals surface area (Å²) in [7, 11) is 0. The van der Waals surface area contributed by atoms with Gasteiger partial charge in [-0.2, -0.15) is 0 Å². The molecule has 0 unspecified atom stereocenters. The van der Waals surface area contributed by atoms with Crippen molar-refractivity contribution < 1.29 is 9.53 Å². The molecule has 1 amide bonds. The van der Waals surface area contributed by atoms with E-state index in [1.54, 1.807) is 6.20 Å². The van der Waals surface area contributed by atoms with Crippen molar-refractivity contribution in [2.45, 2.75) is 33.4 Å². The smallest absolute Gasteiger partial charge is 0.251 e. The molecule has 1 N–H and O–H groups in total. The van der Waals surface area contributed by atoms with Crippen LogP contribution in [-0.2, 0) is 6.54 Å². The van der Waals surface area contributed by atoms with Crippen molar-refractivity contribution in [2.75, 3.05) is 6.61 Å². The Morgan fingerprint density at radius 1 is 1.11 bits per heavy atom. The molecular weight excluding hydrogens is 338 g/mol. The first-order valence-electron chi connectivity index (χ1n) is 9.08. The van der Waals surface area contributed by atoms with E-state index in [4.69, 9.17) is 4.74 Å². The maximum Gasteiger partial charge on any atom is 0.251 e. The number of hydrogen-bond donors (Lipinski definition) is 1. The van der Waals surface area contributed by atoms with Crippen molar-refractivity contribution in [3.05, 3.63) is 83.4 Å². The topological polar surface area (TPSA) is 56.1 Å². The van der Waals surface area contributed by atoms with E-state index in [9.17, 15) is 4.79 Å². The number of carbonyl (C=O) groups is 1. The number of imidazole rings is 1. The minimum atomic E-state index is -0.0969. The highest BCUT2D eigenvalue weighted by atomic mass is 16.5. The highest BCUT2D eigenvalue weighted by Gasteiger charge is 2.11. The highest BCUT2D eigenvalue weighted by molar-refractivity contribution is 5.94. The van der Waals surface area contributed by atoms with Crippen molar-refractivity contribution in [1.29, 1.82) is 0 Å². The van der Waals surface area contributed by atoms with Gasteiger partial charge in [0.25, 0.3) is 5.91 Å². The fraction of sp³-hybridized carbons (Fsp3) is 0.273. The Morgan fingerprint density at radius 2 is 1.81 bits per heavy atom. The molecule has 1 heterocycles. The van der Waals surface area contributed by atoms with E-state index in [1.807, 2.05) is 75.5 Å². The van der Waals surface area contributed by atoms with E-state index >= 15 is 0 Å². The number of nitrogens with zero attached hydrogens (tertiary/aromatic N) is 2. The van der Waals surface area contributed by atoms with Gasteiger partial charge in [-0.25, -0.2) is 4.98 Å². The summed E-state index contributed by atoms with van der Waals surface area (Å²) < 4.78 is 7.79. The molecule has 0 spiro atoms. The quantitative estimate of drug-likeness (QED) is 0.696. The number of ether oxygens (including phenoxy) is 1. The van der Waals surface area contributed by atoms with Crippen LogP contribution in [-0.4, -0.2) is 28.1 Å². The summed E-state index contributed by atoms with van der Waals surface area (Å²) in [6.07, 6.45) is 3.74. The van der Waals surface area contributed by atoms with Crippen LogP contribution in [0.5, 0.6) is 5.75 Å². The van der Waals surface area contributed by atoms with Gasteiger partial charge >= 0.3 is 0 Å². The van der Waals surface area contributed by atoms with Crippen LogP contribution < -0.4 is 10.1 Å². The lowest BCUT2D eigenvalue weighted by molar-refractivity contribution is 0.0926. The van der Waals surface area contributed by atoms with Gasteiger partial charge in [0.15, 0.2) is 0 Å². The van der Waals surface area contributed by atoms with E-state index in [0.717, 1.165) is 23.7 Å². The first-order chi connectivity index (χ1) is 13.0. The maximum absolute atomic E-state index is 12.4. The lowest BCUT2D eigenvalue weighted by atomic mass is 10.1. The van der Waals surface area contributed by atoms with E-state index in [-0.39, 0.29) is 11.9 Å². The molecule has 0 aliphatic rings. The molecule has 0 bridgehead atoms. The molecule has 140 valence electrons. The lowest BCUT2D eigenvalue weighted by Crippen LogP contribution is -2.36. The van der Waals surface area contributed by atoms with Crippen molar-refractivity contribution in [2.24, 2.45) is 0 Å². The number of aryl methyl sites for hydroxylation is 2. The van der Waals surface area contributed by atoms with Crippen LogP contribution in [0.1, 0.15) is 34.2 Å². The Kier molecular flexibility index (Phi) is 5.91. The molecule has 0 saturated heterocycles. The standard InChI is InChI=1S/C22H25N3O2/c1-16-4-10-21(11-5-16)27-15-17(2)24-22(26)20-8-6-19(7-9-20)14-25-13-12-23-18(25)3/h4-13,17H,14-15H2,1-3H3,(H,24,26)/t17-/m0/s1. The molecule has 0 fully saturated rings. The van der Waals surface area contributed by atoms with Crippen LogP contribution in [0.3, 0.4) is 0 Å². The molecule has 5 heteroatoms. The van der Waals surface area contributed by atoms with Crippen molar-refractivity contribution in [3.63, 3.8) is 0 Å². The molecule has 2 aromatic carbocycles. The Labute approximate surface area is 160 Å². The minimum Gasteiger partial charge on any atom is -0.491 e. The fourth-order valence-corrected chi connectivity index (χ4v) is 2.73. The van der Waals surface area contributed by atoms with Gasteiger partial charge in [-0.05, 0) is 50.6 Å². The molecule has 0 aliphatic heterocycles. The lowest BCUT2D eigenvalue weighted by Gasteiger charge is -2.15. The van der Waals surface area contributed by atoms with Gasteiger partial charge < -0.3 is 14.6 Å². The van der Waals surface area contributed by atoms with Gasteiger partial charge in [0, 0.05) is 24.5 Å². The molecule has 5 nitrogen and oxygen atoms in total. The second kappa shape index (κ2) is 8.54. The monoisotopic (exact) mass is 363 g/mol. The first-order valence-corrected chi connectivity index (χ1v) is 9.08. The number of rotatable bonds is 7. The predicted octanol–water partition coefficient (Wildman–Crippen LogP) is 3.75. The molecule has 0 saturated carbocycles. The highest BCUT2D eigenvalue weighted by Crippen LogP contribution is 2.12. The average Bonchev–Trinajstić information content (AvgIpc) is 3.06. The molecule has 3 rings (SSSR count). The Balaban J connectivity index is 1.51. The van der Waals surface area contributed by atoms with Gasteiger partial charge in [-0.1, -0.05) is 29.8 Å². The van der Waals surface area contributed by atoms with Crippen molar-refractivity contribution in [1.82, 2.24) is 14.9 Å². The second-order valence-electron chi connectivity index (χ2n) is 6.80. The van der Waals surface area contributed by atoms with E-state index in [0.29, 0.717) is 12.2 Å². The van der Waals surface area contributed by atoms with Crippen LogP contribution in [0, 0.1) is 13.8 Å². The summed E-state index contributed by atoms with van der Waals surface area (Å²) in [5, 5.41) is 2.97. The zero-order valence-electron chi connectivity index (χ0n) is 16.0. The summed E-state index contributed by atoms with van der Waals surface area (Å²) in [6.45, 7) is 7.11. The number of benzene rings is 2. The summed E-state index contributed by atoms with van der Waals surface area (Å²) >= 11 is 0. The number of nitrogens with one attached hydrogen (secondary N) is 1. The largest absolute Gasteiger partial charge is 0.491 e. The molecule has 3 aromatic rings. The number of hydrogen-bond acceptors (Lipinski definition) is 3. The normalized spacial score (nSPS) is 11.8. The van der Waals surface area contributed by atoms with E-state index in [1.165, 1.54) is 5.56 Å². The zero-order valence-corrected chi connectivity index (χ0v) is 16.0. The molecule has 0 radical (unpaired) electrons. The molecular formula is C22H25N3O2. The fourth-order valence-electron chi connectivity index (χ4n) is 2.73. The van der Waals surface area contributed by atoms with Crippen LogP contribution in [0.15, 0.2) is 60.9 Å². The van der Waals surface area contributed by atoms with Gasteiger partial charge in [0.1, 0.15) is 18.2 Å². The molecule has 27 heavy (non-hydrogen) atoms. The van der Waals surface area contributed by atoms with Crippen molar-refractivity contribution >= 4 is 5.91 Å². The van der Waals surface area contributed by atoms with Crippen molar-refractivity contribution in [3.8, 4) is 5.75 Å². The van der Waals surface area contributed by atoms with E-state index in [2.05, 4.69) is 14.9 Å². The van der Waals surface area contributed by atoms with Crippen LogP contribution in [0.2, 0.25) is 0 Å². The first kappa shape index (κ1) is 18.7. The minimum absolute atomic E-state index is 0.0907. The predicted molar refractivity (Wildman–Crippen MR) is 106 cm³/mol. The number of carbonyl (C=O) groups excluding carboxylic acids is 1. The summed E-state index contributed by atoms with van der Waals surface area (Å²) in [5.74, 6) is 1.68. The third-order valence-electron chi connectivity index (χ3n) is 4.39. The number of aromatic nitrogens is 2. The van der Waals surface area contributed by atoms with Gasteiger partial charge in [0.2, 0.25) is 0 Å². The molecule has 1 aromatic heterocycles. The summed E-state index contributed by atoms with van der Waals surface area (Å²) in [5.41, 5.74) is 2.96. The molecule has 0 aliphatic carbocycles.